The Morgan fingerprint density at radius 3 is 2.79 bits per heavy atom. The van der Waals surface area contributed by atoms with E-state index in [4.69, 9.17) is 9.57 Å². The maximum atomic E-state index is 13.0. The molecule has 3 fully saturated rings. The molecule has 0 spiro atoms. The molecule has 7 nitrogen and oxygen atoms in total. The molecule has 1 aromatic rings. The number of ether oxygens (including phenoxy) is 1. The third-order valence-corrected chi connectivity index (χ3v) is 5.01. The number of hydrogen-bond acceptors (Lipinski definition) is 6. The Bertz CT molecular complexity index is 719. The van der Waals surface area contributed by atoms with Gasteiger partial charge in [-0.3, -0.25) is 14.4 Å². The number of carbonyl (C=O) groups is 3. The van der Waals surface area contributed by atoms with Gasteiger partial charge in [0.25, 0.3) is 5.91 Å². The van der Waals surface area contributed by atoms with Crippen molar-refractivity contribution < 1.29 is 24.0 Å². The van der Waals surface area contributed by atoms with Gasteiger partial charge in [-0.25, -0.2) is 9.69 Å². The second-order valence-electron chi connectivity index (χ2n) is 6.28. The first-order chi connectivity index (χ1) is 11.6. The van der Waals surface area contributed by atoms with Crippen molar-refractivity contribution in [2.45, 2.75) is 31.4 Å². The van der Waals surface area contributed by atoms with E-state index in [1.54, 1.807) is 29.3 Å². The predicted octanol–water partition coefficient (Wildman–Crippen LogP) is 1.13. The van der Waals surface area contributed by atoms with Crippen LogP contribution in [-0.2, 0) is 19.2 Å². The van der Waals surface area contributed by atoms with E-state index in [1.165, 1.54) is 7.11 Å². The zero-order valence-electron chi connectivity index (χ0n) is 13.3. The fourth-order valence-electron chi connectivity index (χ4n) is 3.90. The summed E-state index contributed by atoms with van der Waals surface area (Å²) in [6.45, 7) is 0.747. The first-order valence-electron chi connectivity index (χ1n) is 8.12. The number of nitrogens with zero attached hydrogens (tertiary/aromatic N) is 2. The number of piperidine rings is 1. The van der Waals surface area contributed by atoms with Gasteiger partial charge in [0, 0.05) is 6.54 Å². The third-order valence-electron chi connectivity index (χ3n) is 5.01. The monoisotopic (exact) mass is 330 g/mol. The predicted molar refractivity (Wildman–Crippen MR) is 83.0 cm³/mol. The maximum absolute atomic E-state index is 13.0. The highest BCUT2D eigenvalue weighted by Gasteiger charge is 2.60. The number of rotatable bonds is 2. The molecule has 24 heavy (non-hydrogen) atoms. The van der Waals surface area contributed by atoms with Crippen LogP contribution in [0.1, 0.15) is 29.6 Å². The number of benzene rings is 1. The Balaban J connectivity index is 1.71. The Morgan fingerprint density at radius 1 is 1.21 bits per heavy atom. The van der Waals surface area contributed by atoms with Gasteiger partial charge in [-0.15, -0.1) is 0 Å². The molecule has 0 aliphatic carbocycles. The summed E-state index contributed by atoms with van der Waals surface area (Å²) in [6.07, 6.45) is 2.08. The largest absolute Gasteiger partial charge is 0.465 e. The minimum atomic E-state index is -0.786. The lowest BCUT2D eigenvalue weighted by Crippen LogP contribution is -2.42. The number of methoxy groups -OCH3 is 1. The van der Waals surface area contributed by atoms with Crippen LogP contribution >= 0.6 is 0 Å². The van der Waals surface area contributed by atoms with Gasteiger partial charge in [0.1, 0.15) is 0 Å². The maximum Gasteiger partial charge on any atom is 0.339 e. The molecule has 3 atom stereocenters. The van der Waals surface area contributed by atoms with Crippen LogP contribution in [0.3, 0.4) is 0 Å². The summed E-state index contributed by atoms with van der Waals surface area (Å²) in [6, 6.07) is 6.42. The van der Waals surface area contributed by atoms with Gasteiger partial charge in [-0.05, 0) is 25.0 Å². The molecule has 3 saturated heterocycles. The molecule has 0 radical (unpaired) electrons. The lowest BCUT2D eigenvalue weighted by Gasteiger charge is -2.30. The summed E-state index contributed by atoms with van der Waals surface area (Å²) in [5.74, 6) is -1.78. The third kappa shape index (κ3) is 2.08. The van der Waals surface area contributed by atoms with Gasteiger partial charge in [-0.1, -0.05) is 18.6 Å². The van der Waals surface area contributed by atoms with Gasteiger partial charge in [0.2, 0.25) is 5.91 Å². The molecule has 4 rings (SSSR count). The van der Waals surface area contributed by atoms with Crippen molar-refractivity contribution in [1.29, 1.82) is 0 Å². The van der Waals surface area contributed by atoms with Gasteiger partial charge in [-0.2, -0.15) is 5.06 Å². The molecule has 1 aromatic carbocycles. The average molecular weight is 330 g/mol. The Kier molecular flexibility index (Phi) is 3.62. The summed E-state index contributed by atoms with van der Waals surface area (Å²) in [5, 5.41) is 1.79. The molecule has 0 unspecified atom stereocenters. The number of amides is 2. The number of para-hydroxylation sites is 1. The van der Waals surface area contributed by atoms with E-state index in [1.807, 2.05) is 0 Å². The highest BCUT2D eigenvalue weighted by Crippen LogP contribution is 2.42. The molecule has 0 N–H and O–H groups in total. The SMILES string of the molecule is COC(=O)c1ccccc1N1C(=O)[C@H]2[C@H](ON3CCCC[C@@H]23)C1=O. The van der Waals surface area contributed by atoms with Crippen molar-refractivity contribution in [3.8, 4) is 0 Å². The highest BCUT2D eigenvalue weighted by atomic mass is 16.7. The molecule has 3 aliphatic heterocycles. The molecule has 3 aliphatic rings. The quantitative estimate of drug-likeness (QED) is 0.598. The summed E-state index contributed by atoms with van der Waals surface area (Å²) in [4.78, 5) is 44.6. The number of carbonyl (C=O) groups excluding carboxylic acids is 3. The molecule has 0 saturated carbocycles. The van der Waals surface area contributed by atoms with Crippen LogP contribution in [0.4, 0.5) is 5.69 Å². The van der Waals surface area contributed by atoms with Crippen molar-refractivity contribution in [3.63, 3.8) is 0 Å². The number of hydroxylamine groups is 2. The number of hydrogen-bond donors (Lipinski definition) is 0. The molecular weight excluding hydrogens is 312 g/mol. The molecule has 2 amide bonds. The summed E-state index contributed by atoms with van der Waals surface area (Å²) < 4.78 is 4.76. The van der Waals surface area contributed by atoms with Gasteiger partial charge < -0.3 is 4.74 Å². The highest BCUT2D eigenvalue weighted by molar-refractivity contribution is 6.25. The summed E-state index contributed by atoms with van der Waals surface area (Å²) in [5.41, 5.74) is 0.460. The zero-order chi connectivity index (χ0) is 16.8. The van der Waals surface area contributed by atoms with Crippen LogP contribution in [0.5, 0.6) is 0 Å². The fourth-order valence-corrected chi connectivity index (χ4v) is 3.90. The minimum absolute atomic E-state index is 0.0597. The lowest BCUT2D eigenvalue weighted by atomic mass is 9.90. The normalized spacial score (nSPS) is 29.5. The smallest absolute Gasteiger partial charge is 0.339 e. The second kappa shape index (κ2) is 5.68. The van der Waals surface area contributed by atoms with Crippen molar-refractivity contribution >= 4 is 23.5 Å². The standard InChI is InChI=1S/C17H18N2O5/c1-23-17(22)10-6-2-3-7-11(10)19-15(20)13-12-8-4-5-9-18(12)24-14(13)16(19)21/h2-3,6-7,12-14H,4-5,8-9H2,1H3/t12-,13+,14-/m0/s1. The lowest BCUT2D eigenvalue weighted by molar-refractivity contribution is -0.177. The van der Waals surface area contributed by atoms with Crippen LogP contribution in [0, 0.1) is 5.92 Å². The first kappa shape index (κ1) is 15.3. The van der Waals surface area contributed by atoms with Crippen LogP contribution in [0.2, 0.25) is 0 Å². The Morgan fingerprint density at radius 2 is 2.00 bits per heavy atom. The van der Waals surface area contributed by atoms with E-state index >= 15 is 0 Å². The average Bonchev–Trinajstić information content (AvgIpc) is 3.11. The van der Waals surface area contributed by atoms with E-state index in [9.17, 15) is 14.4 Å². The van der Waals surface area contributed by atoms with Crippen LogP contribution in [-0.4, -0.2) is 48.6 Å². The fraction of sp³-hybridized carbons (Fsp3) is 0.471. The minimum Gasteiger partial charge on any atom is -0.465 e. The van der Waals surface area contributed by atoms with E-state index in [0.717, 1.165) is 30.7 Å². The van der Waals surface area contributed by atoms with Gasteiger partial charge in [0.05, 0.1) is 30.3 Å². The molecule has 0 bridgehead atoms. The van der Waals surface area contributed by atoms with E-state index in [-0.39, 0.29) is 23.2 Å². The first-order valence-corrected chi connectivity index (χ1v) is 8.12. The zero-order valence-corrected chi connectivity index (χ0v) is 13.3. The van der Waals surface area contributed by atoms with Crippen LogP contribution in [0.15, 0.2) is 24.3 Å². The van der Waals surface area contributed by atoms with Gasteiger partial charge in [0.15, 0.2) is 6.10 Å². The molecular formula is C17H18N2O5. The van der Waals surface area contributed by atoms with Gasteiger partial charge >= 0.3 is 5.97 Å². The van der Waals surface area contributed by atoms with E-state index in [2.05, 4.69) is 0 Å². The summed E-state index contributed by atoms with van der Waals surface area (Å²) in [7, 11) is 1.27. The number of anilines is 1. The number of esters is 1. The molecule has 7 heteroatoms. The van der Waals surface area contributed by atoms with Crippen LogP contribution in [0.25, 0.3) is 0 Å². The van der Waals surface area contributed by atoms with Crippen molar-refractivity contribution in [2.24, 2.45) is 5.92 Å². The number of fused-ring (bicyclic) bond motifs is 3. The van der Waals surface area contributed by atoms with Crippen molar-refractivity contribution in [3.05, 3.63) is 29.8 Å². The molecule has 3 heterocycles. The number of imide groups is 1. The van der Waals surface area contributed by atoms with E-state index in [0.29, 0.717) is 0 Å². The molecule has 126 valence electrons. The molecule has 0 aromatic heterocycles. The van der Waals surface area contributed by atoms with Crippen molar-refractivity contribution in [2.75, 3.05) is 18.6 Å². The van der Waals surface area contributed by atoms with Crippen LogP contribution < -0.4 is 4.90 Å². The Hall–Kier alpha value is -2.25. The van der Waals surface area contributed by atoms with E-state index < -0.39 is 23.9 Å². The van der Waals surface area contributed by atoms with Crippen molar-refractivity contribution in [1.82, 2.24) is 5.06 Å². The summed E-state index contributed by atoms with van der Waals surface area (Å²) >= 11 is 0. The topological polar surface area (TPSA) is 76.2 Å². The second-order valence-corrected chi connectivity index (χ2v) is 6.28. The Labute approximate surface area is 139 Å².